The van der Waals surface area contributed by atoms with Crippen LogP contribution in [0.5, 0.6) is 5.75 Å². The third-order valence-corrected chi connectivity index (χ3v) is 3.09. The zero-order valence-corrected chi connectivity index (χ0v) is 12.6. The summed E-state index contributed by atoms with van der Waals surface area (Å²) in [5.41, 5.74) is 0.665. The number of halogens is 1. The largest absolute Gasteiger partial charge is 0.507 e. The molecule has 0 aliphatic carbocycles. The van der Waals surface area contributed by atoms with Gasteiger partial charge < -0.3 is 15.2 Å². The van der Waals surface area contributed by atoms with Crippen LogP contribution in [0.25, 0.3) is 6.08 Å². The Morgan fingerprint density at radius 3 is 2.95 bits per heavy atom. The summed E-state index contributed by atoms with van der Waals surface area (Å²) in [6.07, 6.45) is 2.15. The lowest BCUT2D eigenvalue weighted by molar-refractivity contribution is -0.117. The van der Waals surface area contributed by atoms with Crippen molar-refractivity contribution in [2.75, 3.05) is 20.3 Å². The summed E-state index contributed by atoms with van der Waals surface area (Å²) in [6.45, 7) is 1.00. The SMILES string of the molecule is COCCCNC(=O)/C(C#N)=C\c1ccc(O)c(Br)c1. The molecule has 0 bridgehead atoms. The van der Waals surface area contributed by atoms with Crippen LogP contribution in [0.1, 0.15) is 12.0 Å². The highest BCUT2D eigenvalue weighted by Crippen LogP contribution is 2.25. The number of hydrogen-bond acceptors (Lipinski definition) is 4. The lowest BCUT2D eigenvalue weighted by Gasteiger charge is -2.04. The number of phenols is 1. The summed E-state index contributed by atoms with van der Waals surface area (Å²) >= 11 is 3.18. The normalized spacial score (nSPS) is 10.9. The van der Waals surface area contributed by atoms with Crippen molar-refractivity contribution in [1.29, 1.82) is 5.26 Å². The highest BCUT2D eigenvalue weighted by molar-refractivity contribution is 9.10. The van der Waals surface area contributed by atoms with Gasteiger partial charge >= 0.3 is 0 Å². The molecule has 0 atom stereocenters. The van der Waals surface area contributed by atoms with Gasteiger partial charge in [0.25, 0.3) is 5.91 Å². The average molecular weight is 339 g/mol. The first kappa shape index (κ1) is 16.2. The van der Waals surface area contributed by atoms with Gasteiger partial charge in [0.2, 0.25) is 0 Å². The molecule has 1 amide bonds. The molecule has 0 aromatic heterocycles. The van der Waals surface area contributed by atoms with Crippen molar-refractivity contribution in [2.24, 2.45) is 0 Å². The molecule has 5 nitrogen and oxygen atoms in total. The van der Waals surface area contributed by atoms with Crippen LogP contribution in [-0.4, -0.2) is 31.3 Å². The van der Waals surface area contributed by atoms with Crippen molar-refractivity contribution >= 4 is 27.9 Å². The molecule has 0 saturated heterocycles. The first-order valence-electron chi connectivity index (χ1n) is 5.96. The van der Waals surface area contributed by atoms with Gasteiger partial charge in [-0.05, 0) is 46.1 Å². The second kappa shape index (κ2) is 8.35. The van der Waals surface area contributed by atoms with E-state index in [4.69, 9.17) is 10.00 Å². The molecule has 0 saturated carbocycles. The second-order valence-corrected chi connectivity index (χ2v) is 4.84. The number of nitriles is 1. The fraction of sp³-hybridized carbons (Fsp3) is 0.286. The van der Waals surface area contributed by atoms with E-state index in [0.717, 1.165) is 0 Å². The third kappa shape index (κ3) is 5.03. The maximum absolute atomic E-state index is 11.8. The average Bonchev–Trinajstić information content (AvgIpc) is 2.44. The van der Waals surface area contributed by atoms with Gasteiger partial charge in [0, 0.05) is 20.3 Å². The Morgan fingerprint density at radius 2 is 2.35 bits per heavy atom. The Kier molecular flexibility index (Phi) is 6.77. The number of amides is 1. The minimum absolute atomic E-state index is 0.0139. The van der Waals surface area contributed by atoms with Crippen molar-refractivity contribution in [3.05, 3.63) is 33.8 Å². The van der Waals surface area contributed by atoms with Gasteiger partial charge in [-0.15, -0.1) is 0 Å². The number of nitrogens with one attached hydrogen (secondary N) is 1. The number of hydrogen-bond donors (Lipinski definition) is 2. The lowest BCUT2D eigenvalue weighted by Crippen LogP contribution is -2.26. The van der Waals surface area contributed by atoms with Crippen molar-refractivity contribution in [1.82, 2.24) is 5.32 Å². The maximum Gasteiger partial charge on any atom is 0.261 e. The topological polar surface area (TPSA) is 82.3 Å². The Labute approximate surface area is 126 Å². The van der Waals surface area contributed by atoms with E-state index < -0.39 is 5.91 Å². The minimum atomic E-state index is -0.423. The quantitative estimate of drug-likeness (QED) is 0.473. The van der Waals surface area contributed by atoms with Crippen LogP contribution in [0.2, 0.25) is 0 Å². The molecule has 0 fully saturated rings. The first-order valence-corrected chi connectivity index (χ1v) is 6.75. The van der Waals surface area contributed by atoms with Crippen LogP contribution in [-0.2, 0) is 9.53 Å². The Bertz CT molecular complexity index is 550. The monoisotopic (exact) mass is 338 g/mol. The van der Waals surface area contributed by atoms with Crippen LogP contribution >= 0.6 is 15.9 Å². The Hall–Kier alpha value is -1.84. The predicted molar refractivity (Wildman–Crippen MR) is 78.9 cm³/mol. The zero-order chi connectivity index (χ0) is 15.0. The fourth-order valence-corrected chi connectivity index (χ4v) is 1.84. The summed E-state index contributed by atoms with van der Waals surface area (Å²) in [5, 5.41) is 21.1. The standard InChI is InChI=1S/C14H15BrN2O3/c1-20-6-2-5-17-14(19)11(9-16)7-10-3-4-13(18)12(15)8-10/h3-4,7-8,18H,2,5-6H2,1H3,(H,17,19)/b11-7-. The van der Waals surface area contributed by atoms with Gasteiger partial charge in [-0.25, -0.2) is 0 Å². The molecule has 0 aliphatic heterocycles. The van der Waals surface area contributed by atoms with Gasteiger partial charge in [-0.1, -0.05) is 6.07 Å². The molecule has 106 valence electrons. The number of benzene rings is 1. The smallest absolute Gasteiger partial charge is 0.261 e. The zero-order valence-electron chi connectivity index (χ0n) is 11.0. The van der Waals surface area contributed by atoms with Gasteiger partial charge in [0.15, 0.2) is 0 Å². The number of carbonyl (C=O) groups is 1. The summed E-state index contributed by atoms with van der Waals surface area (Å²) in [5.74, 6) is -0.322. The molecule has 1 rings (SSSR count). The van der Waals surface area contributed by atoms with E-state index in [1.165, 1.54) is 12.1 Å². The highest BCUT2D eigenvalue weighted by atomic mass is 79.9. The van der Waals surface area contributed by atoms with E-state index >= 15 is 0 Å². The lowest BCUT2D eigenvalue weighted by atomic mass is 10.1. The van der Waals surface area contributed by atoms with Crippen molar-refractivity contribution in [3.63, 3.8) is 0 Å². The number of carbonyl (C=O) groups excluding carboxylic acids is 1. The van der Waals surface area contributed by atoms with E-state index in [1.807, 2.05) is 6.07 Å². The number of methoxy groups -OCH3 is 1. The van der Waals surface area contributed by atoms with E-state index in [2.05, 4.69) is 21.2 Å². The van der Waals surface area contributed by atoms with Crippen LogP contribution in [0, 0.1) is 11.3 Å². The minimum Gasteiger partial charge on any atom is -0.507 e. The molecule has 2 N–H and O–H groups in total. The molecule has 20 heavy (non-hydrogen) atoms. The first-order chi connectivity index (χ1) is 9.58. The molecule has 0 heterocycles. The molecule has 1 aromatic rings. The van der Waals surface area contributed by atoms with E-state index in [-0.39, 0.29) is 11.3 Å². The summed E-state index contributed by atoms with van der Waals surface area (Å²) in [6, 6.07) is 6.60. The maximum atomic E-state index is 11.8. The molecule has 0 unspecified atom stereocenters. The number of aromatic hydroxyl groups is 1. The molecular weight excluding hydrogens is 324 g/mol. The van der Waals surface area contributed by atoms with Gasteiger partial charge in [-0.2, -0.15) is 5.26 Å². The summed E-state index contributed by atoms with van der Waals surface area (Å²) < 4.78 is 5.37. The van der Waals surface area contributed by atoms with Crippen LogP contribution in [0.3, 0.4) is 0 Å². The number of ether oxygens (including phenoxy) is 1. The van der Waals surface area contributed by atoms with Crippen LogP contribution in [0.15, 0.2) is 28.2 Å². The molecule has 6 heteroatoms. The Balaban J connectivity index is 2.74. The predicted octanol–water partition coefficient (Wildman–Crippen LogP) is 2.21. The van der Waals surface area contributed by atoms with Crippen LogP contribution in [0.4, 0.5) is 0 Å². The van der Waals surface area contributed by atoms with Crippen LogP contribution < -0.4 is 5.32 Å². The van der Waals surface area contributed by atoms with E-state index in [0.29, 0.717) is 29.6 Å². The molecular formula is C14H15BrN2O3. The number of rotatable bonds is 6. The molecule has 0 spiro atoms. The van der Waals surface area contributed by atoms with Gasteiger partial charge in [0.05, 0.1) is 4.47 Å². The fourth-order valence-electron chi connectivity index (χ4n) is 1.44. The molecule has 1 aromatic carbocycles. The molecule has 0 radical (unpaired) electrons. The Morgan fingerprint density at radius 1 is 1.60 bits per heavy atom. The van der Waals surface area contributed by atoms with Gasteiger partial charge in [-0.3, -0.25) is 4.79 Å². The van der Waals surface area contributed by atoms with Gasteiger partial charge in [0.1, 0.15) is 17.4 Å². The molecule has 0 aliphatic rings. The van der Waals surface area contributed by atoms with E-state index in [9.17, 15) is 9.90 Å². The van der Waals surface area contributed by atoms with Crippen molar-refractivity contribution in [2.45, 2.75) is 6.42 Å². The number of nitrogens with zero attached hydrogens (tertiary/aromatic N) is 1. The summed E-state index contributed by atoms with van der Waals surface area (Å²) in [7, 11) is 1.59. The third-order valence-electron chi connectivity index (χ3n) is 2.46. The van der Waals surface area contributed by atoms with E-state index in [1.54, 1.807) is 19.2 Å². The summed E-state index contributed by atoms with van der Waals surface area (Å²) in [4.78, 5) is 11.8. The highest BCUT2D eigenvalue weighted by Gasteiger charge is 2.08. The second-order valence-electron chi connectivity index (χ2n) is 3.98. The number of phenolic OH excluding ortho intramolecular Hbond substituents is 1. The van der Waals surface area contributed by atoms with Crippen molar-refractivity contribution in [3.8, 4) is 11.8 Å². The van der Waals surface area contributed by atoms with Crippen molar-refractivity contribution < 1.29 is 14.6 Å².